The quantitative estimate of drug-likeness (QED) is 0.836. The first-order valence-electron chi connectivity index (χ1n) is 6.68. The molecule has 1 atom stereocenters. The Bertz CT molecular complexity index is 649. The fraction of sp³-hybridized carbons (Fsp3) is 0.118. The van der Waals surface area contributed by atoms with Gasteiger partial charge in [0.15, 0.2) is 0 Å². The fourth-order valence-corrected chi connectivity index (χ4v) is 2.53. The fourth-order valence-electron chi connectivity index (χ4n) is 2.53. The third-order valence-corrected chi connectivity index (χ3v) is 3.51. The van der Waals surface area contributed by atoms with E-state index < -0.39 is 0 Å². The lowest BCUT2D eigenvalue weighted by Crippen LogP contribution is -2.26. The first-order valence-corrected chi connectivity index (χ1v) is 6.68. The number of benzene rings is 2. The first-order chi connectivity index (χ1) is 9.88. The number of rotatable bonds is 3. The number of hydrogen-bond acceptors (Lipinski definition) is 2. The molecule has 20 heavy (non-hydrogen) atoms. The molecule has 2 aromatic carbocycles. The molecule has 1 amide bonds. The van der Waals surface area contributed by atoms with E-state index in [2.05, 4.69) is 47.1 Å². The van der Waals surface area contributed by atoms with Crippen LogP contribution in [0, 0.1) is 0 Å². The topological polar surface area (TPSA) is 41.1 Å². The van der Waals surface area contributed by atoms with E-state index in [1.165, 1.54) is 11.1 Å². The minimum Gasteiger partial charge on any atom is -0.376 e. The molecule has 3 nitrogen and oxygen atoms in total. The highest BCUT2D eigenvalue weighted by molar-refractivity contribution is 5.79. The van der Waals surface area contributed by atoms with Gasteiger partial charge in [-0.2, -0.15) is 0 Å². The van der Waals surface area contributed by atoms with Crippen molar-refractivity contribution in [2.45, 2.75) is 6.04 Å². The highest BCUT2D eigenvalue weighted by atomic mass is 16.1. The summed E-state index contributed by atoms with van der Waals surface area (Å²) < 4.78 is 0. The number of carbonyl (C=O) groups is 1. The predicted octanol–water partition coefficient (Wildman–Crippen LogP) is 3.07. The summed E-state index contributed by atoms with van der Waals surface area (Å²) in [7, 11) is 0. The molecule has 0 bridgehead atoms. The second kappa shape index (κ2) is 5.61. The summed E-state index contributed by atoms with van der Waals surface area (Å²) >= 11 is 0. The van der Waals surface area contributed by atoms with Crippen molar-refractivity contribution in [3.8, 4) is 0 Å². The lowest BCUT2D eigenvalue weighted by Gasteiger charge is -2.24. The molecule has 0 radical (unpaired) electrons. The van der Waals surface area contributed by atoms with Crippen LogP contribution in [0.3, 0.4) is 0 Å². The molecule has 0 fully saturated rings. The molecule has 1 unspecified atom stereocenters. The molecule has 0 saturated carbocycles. The summed E-state index contributed by atoms with van der Waals surface area (Å²) in [6.07, 6.45) is 4.98. The highest BCUT2D eigenvalue weighted by Gasteiger charge is 2.16. The number of carbonyl (C=O) groups excluding carboxylic acids is 1. The van der Waals surface area contributed by atoms with Crippen molar-refractivity contribution in [1.82, 2.24) is 5.32 Å². The molecule has 0 saturated heterocycles. The Balaban J connectivity index is 2.07. The van der Waals surface area contributed by atoms with E-state index in [1.54, 1.807) is 0 Å². The Hall–Kier alpha value is -2.55. The Morgan fingerprint density at radius 3 is 2.55 bits per heavy atom. The van der Waals surface area contributed by atoms with Gasteiger partial charge in [-0.1, -0.05) is 54.6 Å². The van der Waals surface area contributed by atoms with E-state index >= 15 is 0 Å². The summed E-state index contributed by atoms with van der Waals surface area (Å²) in [6.45, 7) is 0.558. The second-order valence-electron chi connectivity index (χ2n) is 4.77. The molecule has 2 aromatic rings. The van der Waals surface area contributed by atoms with E-state index in [4.69, 9.17) is 0 Å². The molecule has 2 N–H and O–H groups in total. The zero-order valence-corrected chi connectivity index (χ0v) is 11.0. The molecular formula is C17H16N2O. The Labute approximate surface area is 118 Å². The minimum atomic E-state index is 0.0579. The minimum absolute atomic E-state index is 0.0579. The van der Waals surface area contributed by atoms with Gasteiger partial charge in [0, 0.05) is 12.2 Å². The molecule has 0 aromatic heterocycles. The van der Waals surface area contributed by atoms with Crippen LogP contribution >= 0.6 is 0 Å². The van der Waals surface area contributed by atoms with Gasteiger partial charge in [0.1, 0.15) is 0 Å². The van der Waals surface area contributed by atoms with Crippen LogP contribution in [0.15, 0.2) is 48.5 Å². The monoisotopic (exact) mass is 264 g/mol. The van der Waals surface area contributed by atoms with Crippen molar-refractivity contribution in [3.05, 3.63) is 65.2 Å². The van der Waals surface area contributed by atoms with Gasteiger partial charge in [-0.25, -0.2) is 0 Å². The van der Waals surface area contributed by atoms with E-state index in [0.29, 0.717) is 6.54 Å². The zero-order valence-electron chi connectivity index (χ0n) is 11.0. The van der Waals surface area contributed by atoms with Gasteiger partial charge in [0.2, 0.25) is 6.41 Å². The van der Waals surface area contributed by atoms with Gasteiger partial charge in [-0.05, 0) is 22.8 Å². The van der Waals surface area contributed by atoms with Crippen LogP contribution in [0.4, 0.5) is 5.69 Å². The van der Waals surface area contributed by atoms with Crippen LogP contribution in [0.5, 0.6) is 0 Å². The van der Waals surface area contributed by atoms with Gasteiger partial charge in [0.25, 0.3) is 0 Å². The number of nitrogens with one attached hydrogen (secondary N) is 2. The lowest BCUT2D eigenvalue weighted by molar-refractivity contribution is -0.109. The normalized spacial score (nSPS) is 16.1. The maximum atomic E-state index is 10.6. The largest absolute Gasteiger partial charge is 0.376 e. The average Bonchev–Trinajstić information content (AvgIpc) is 2.48. The van der Waals surface area contributed by atoms with Crippen LogP contribution in [0.25, 0.3) is 12.2 Å². The standard InChI is InChI=1S/C17H16N2O/c20-12-18-11-17-15-7-3-1-5-13(15)9-10-14-6-2-4-8-16(14)19-17/h1-10,12,17,19H,11H2,(H,18,20). The van der Waals surface area contributed by atoms with Crippen LogP contribution in [0.1, 0.15) is 22.7 Å². The number of anilines is 1. The number of amides is 1. The van der Waals surface area contributed by atoms with Gasteiger partial charge in [0.05, 0.1) is 6.04 Å². The molecule has 1 heterocycles. The van der Waals surface area contributed by atoms with E-state index in [0.717, 1.165) is 17.7 Å². The maximum absolute atomic E-state index is 10.6. The van der Waals surface area contributed by atoms with Crippen molar-refractivity contribution in [2.24, 2.45) is 0 Å². The molecule has 0 spiro atoms. The molecule has 100 valence electrons. The number of fused-ring (bicyclic) bond motifs is 2. The van der Waals surface area contributed by atoms with Gasteiger partial charge < -0.3 is 10.6 Å². The average molecular weight is 264 g/mol. The van der Waals surface area contributed by atoms with Crippen LogP contribution in [0.2, 0.25) is 0 Å². The number of para-hydroxylation sites is 1. The van der Waals surface area contributed by atoms with Gasteiger partial charge >= 0.3 is 0 Å². The van der Waals surface area contributed by atoms with Crippen molar-refractivity contribution < 1.29 is 4.79 Å². The molecule has 3 rings (SSSR count). The smallest absolute Gasteiger partial charge is 0.207 e. The van der Waals surface area contributed by atoms with Gasteiger partial charge in [-0.3, -0.25) is 4.79 Å². The van der Waals surface area contributed by atoms with Crippen LogP contribution in [-0.4, -0.2) is 13.0 Å². The summed E-state index contributed by atoms with van der Waals surface area (Å²) in [4.78, 5) is 10.6. The lowest BCUT2D eigenvalue weighted by atomic mass is 9.96. The van der Waals surface area contributed by atoms with Crippen molar-refractivity contribution in [3.63, 3.8) is 0 Å². The number of hydrogen-bond donors (Lipinski definition) is 2. The molecule has 3 heteroatoms. The van der Waals surface area contributed by atoms with Gasteiger partial charge in [-0.15, -0.1) is 0 Å². The first kappa shape index (κ1) is 12.5. The third-order valence-electron chi connectivity index (χ3n) is 3.51. The molecular weight excluding hydrogens is 248 g/mol. The van der Waals surface area contributed by atoms with Crippen molar-refractivity contribution in [2.75, 3.05) is 11.9 Å². The summed E-state index contributed by atoms with van der Waals surface area (Å²) in [5.74, 6) is 0. The summed E-state index contributed by atoms with van der Waals surface area (Å²) in [5.41, 5.74) is 4.59. The Morgan fingerprint density at radius 2 is 1.70 bits per heavy atom. The molecule has 0 aliphatic carbocycles. The highest BCUT2D eigenvalue weighted by Crippen LogP contribution is 2.29. The van der Waals surface area contributed by atoms with E-state index in [9.17, 15) is 4.79 Å². The van der Waals surface area contributed by atoms with Crippen molar-refractivity contribution >= 4 is 24.2 Å². The van der Waals surface area contributed by atoms with Crippen molar-refractivity contribution in [1.29, 1.82) is 0 Å². The van der Waals surface area contributed by atoms with Crippen LogP contribution < -0.4 is 10.6 Å². The predicted molar refractivity (Wildman–Crippen MR) is 82.2 cm³/mol. The summed E-state index contributed by atoms with van der Waals surface area (Å²) in [6, 6.07) is 16.5. The zero-order chi connectivity index (χ0) is 13.8. The van der Waals surface area contributed by atoms with Crippen LogP contribution in [-0.2, 0) is 4.79 Å². The SMILES string of the molecule is O=CNCC1Nc2ccccc2C=Cc2ccccc21. The molecule has 1 aliphatic rings. The molecule has 1 aliphatic heterocycles. The Kier molecular flexibility index (Phi) is 3.50. The Morgan fingerprint density at radius 1 is 1.00 bits per heavy atom. The van der Waals surface area contributed by atoms with E-state index in [1.807, 2.05) is 24.3 Å². The third kappa shape index (κ3) is 2.43. The second-order valence-corrected chi connectivity index (χ2v) is 4.77. The summed E-state index contributed by atoms with van der Waals surface area (Å²) in [5, 5.41) is 6.29. The van der Waals surface area contributed by atoms with E-state index in [-0.39, 0.29) is 6.04 Å². The maximum Gasteiger partial charge on any atom is 0.207 e.